The summed E-state index contributed by atoms with van der Waals surface area (Å²) >= 11 is 0. The van der Waals surface area contributed by atoms with Crippen molar-refractivity contribution in [2.75, 3.05) is 0 Å². The van der Waals surface area contributed by atoms with E-state index in [1.807, 2.05) is 25.1 Å². The summed E-state index contributed by atoms with van der Waals surface area (Å²) in [7, 11) is 0. The van der Waals surface area contributed by atoms with Gasteiger partial charge in [-0.15, -0.1) is 0 Å². The van der Waals surface area contributed by atoms with Gasteiger partial charge in [0.2, 0.25) is 12.2 Å². The molecule has 2 heterocycles. The molecular weight excluding hydrogens is 192 g/mol. The van der Waals surface area contributed by atoms with E-state index in [2.05, 4.69) is 20.1 Å². The fourth-order valence-electron chi connectivity index (χ4n) is 1.57. The fourth-order valence-corrected chi connectivity index (χ4v) is 1.57. The normalized spacial score (nSPS) is 11.0. The van der Waals surface area contributed by atoms with Crippen LogP contribution in [0.4, 0.5) is 0 Å². The Morgan fingerprint density at radius 1 is 1.33 bits per heavy atom. The maximum atomic E-state index is 4.70. The molecule has 0 aliphatic carbocycles. The van der Waals surface area contributed by atoms with Gasteiger partial charge in [-0.2, -0.15) is 4.98 Å². The van der Waals surface area contributed by atoms with Crippen molar-refractivity contribution in [3.63, 3.8) is 0 Å². The van der Waals surface area contributed by atoms with Crippen LogP contribution in [-0.4, -0.2) is 20.1 Å². The standard InChI is InChI=1S/C10H8N4O/c1-6-12-8-3-2-7(4-9(8)13-6)10-11-5-15-14-10/h2-5H,1H3,(H,12,13). The Hall–Kier alpha value is -2.17. The first-order chi connectivity index (χ1) is 7.33. The van der Waals surface area contributed by atoms with E-state index >= 15 is 0 Å². The summed E-state index contributed by atoms with van der Waals surface area (Å²) < 4.78 is 4.70. The monoisotopic (exact) mass is 200 g/mol. The van der Waals surface area contributed by atoms with E-state index < -0.39 is 0 Å². The van der Waals surface area contributed by atoms with Crippen molar-refractivity contribution < 1.29 is 4.52 Å². The van der Waals surface area contributed by atoms with Crippen molar-refractivity contribution >= 4 is 11.0 Å². The van der Waals surface area contributed by atoms with Gasteiger partial charge in [0.05, 0.1) is 11.0 Å². The van der Waals surface area contributed by atoms with E-state index in [9.17, 15) is 0 Å². The highest BCUT2D eigenvalue weighted by molar-refractivity contribution is 5.80. The Morgan fingerprint density at radius 2 is 2.27 bits per heavy atom. The second-order valence-corrected chi connectivity index (χ2v) is 3.31. The van der Waals surface area contributed by atoms with Crippen molar-refractivity contribution in [3.05, 3.63) is 30.4 Å². The minimum absolute atomic E-state index is 0.587. The van der Waals surface area contributed by atoms with E-state index in [-0.39, 0.29) is 0 Å². The Bertz CT molecular complexity index is 597. The molecule has 0 bridgehead atoms. The average molecular weight is 200 g/mol. The molecule has 0 fully saturated rings. The molecule has 5 heteroatoms. The quantitative estimate of drug-likeness (QED) is 0.651. The summed E-state index contributed by atoms with van der Waals surface area (Å²) in [6, 6.07) is 5.82. The zero-order chi connectivity index (χ0) is 10.3. The molecule has 0 amide bonds. The van der Waals surface area contributed by atoms with Crippen LogP contribution in [0.3, 0.4) is 0 Å². The number of H-pyrrole nitrogens is 1. The lowest BCUT2D eigenvalue weighted by Crippen LogP contribution is -1.80. The first-order valence-electron chi connectivity index (χ1n) is 4.56. The summed E-state index contributed by atoms with van der Waals surface area (Å²) in [5.41, 5.74) is 2.84. The van der Waals surface area contributed by atoms with Crippen molar-refractivity contribution in [2.24, 2.45) is 0 Å². The third-order valence-electron chi connectivity index (χ3n) is 2.22. The summed E-state index contributed by atoms with van der Waals surface area (Å²) in [5.74, 6) is 1.49. The van der Waals surface area contributed by atoms with Crippen molar-refractivity contribution in [2.45, 2.75) is 6.92 Å². The molecule has 0 unspecified atom stereocenters. The van der Waals surface area contributed by atoms with Crippen LogP contribution in [-0.2, 0) is 0 Å². The SMILES string of the molecule is Cc1nc2ccc(-c3ncon3)cc2[nH]1. The van der Waals surface area contributed by atoms with Crippen LogP contribution in [0.5, 0.6) is 0 Å². The van der Waals surface area contributed by atoms with Gasteiger partial charge in [-0.05, 0) is 25.1 Å². The number of aryl methyl sites for hydroxylation is 1. The number of nitrogens with one attached hydrogen (secondary N) is 1. The summed E-state index contributed by atoms with van der Waals surface area (Å²) in [5, 5.41) is 3.78. The van der Waals surface area contributed by atoms with Gasteiger partial charge < -0.3 is 9.51 Å². The van der Waals surface area contributed by atoms with Crippen LogP contribution < -0.4 is 0 Å². The van der Waals surface area contributed by atoms with Crippen LogP contribution in [0.15, 0.2) is 29.1 Å². The zero-order valence-corrected chi connectivity index (χ0v) is 8.06. The van der Waals surface area contributed by atoms with Gasteiger partial charge in [0.25, 0.3) is 0 Å². The zero-order valence-electron chi connectivity index (χ0n) is 8.06. The average Bonchev–Trinajstić information content (AvgIpc) is 2.82. The van der Waals surface area contributed by atoms with E-state index in [4.69, 9.17) is 4.52 Å². The van der Waals surface area contributed by atoms with Gasteiger partial charge >= 0.3 is 0 Å². The highest BCUT2D eigenvalue weighted by Crippen LogP contribution is 2.19. The maximum absolute atomic E-state index is 4.70. The highest BCUT2D eigenvalue weighted by atomic mass is 16.5. The molecule has 0 spiro atoms. The largest absolute Gasteiger partial charge is 0.342 e. The number of aromatic nitrogens is 4. The molecule has 15 heavy (non-hydrogen) atoms. The third-order valence-corrected chi connectivity index (χ3v) is 2.22. The van der Waals surface area contributed by atoms with Gasteiger partial charge in [-0.1, -0.05) is 5.16 Å². The lowest BCUT2D eigenvalue weighted by Gasteiger charge is -1.93. The number of rotatable bonds is 1. The first kappa shape index (κ1) is 8.16. The van der Waals surface area contributed by atoms with E-state index in [0.29, 0.717) is 5.82 Å². The molecule has 3 aromatic rings. The van der Waals surface area contributed by atoms with E-state index in [1.54, 1.807) is 0 Å². The Labute approximate surface area is 85.1 Å². The minimum atomic E-state index is 0.587. The summed E-state index contributed by atoms with van der Waals surface area (Å²) in [6.45, 7) is 1.92. The van der Waals surface area contributed by atoms with Crippen LogP contribution in [0.25, 0.3) is 22.4 Å². The van der Waals surface area contributed by atoms with Gasteiger partial charge in [0, 0.05) is 5.56 Å². The summed E-state index contributed by atoms with van der Waals surface area (Å²) in [4.78, 5) is 11.5. The number of nitrogens with zero attached hydrogens (tertiary/aromatic N) is 3. The number of fused-ring (bicyclic) bond motifs is 1. The second-order valence-electron chi connectivity index (χ2n) is 3.31. The van der Waals surface area contributed by atoms with Gasteiger partial charge in [0.15, 0.2) is 0 Å². The number of hydrogen-bond acceptors (Lipinski definition) is 4. The Kier molecular flexibility index (Phi) is 1.58. The Balaban J connectivity index is 2.21. The molecule has 3 rings (SSSR count). The first-order valence-corrected chi connectivity index (χ1v) is 4.56. The predicted octanol–water partition coefficient (Wildman–Crippen LogP) is 1.92. The molecule has 1 N–H and O–H groups in total. The molecule has 74 valence electrons. The van der Waals surface area contributed by atoms with Crippen molar-refractivity contribution in [3.8, 4) is 11.4 Å². The molecule has 0 aliphatic rings. The molecule has 5 nitrogen and oxygen atoms in total. The molecular formula is C10H8N4O. The number of benzene rings is 1. The van der Waals surface area contributed by atoms with Crippen LogP contribution in [0.2, 0.25) is 0 Å². The van der Waals surface area contributed by atoms with Crippen LogP contribution in [0.1, 0.15) is 5.82 Å². The smallest absolute Gasteiger partial charge is 0.214 e. The van der Waals surface area contributed by atoms with Crippen molar-refractivity contribution in [1.82, 2.24) is 20.1 Å². The molecule has 1 aromatic carbocycles. The van der Waals surface area contributed by atoms with Gasteiger partial charge in [-0.25, -0.2) is 4.98 Å². The third kappa shape index (κ3) is 1.28. The molecule has 2 aromatic heterocycles. The van der Waals surface area contributed by atoms with Crippen LogP contribution >= 0.6 is 0 Å². The lowest BCUT2D eigenvalue weighted by molar-refractivity contribution is 0.419. The molecule has 0 atom stereocenters. The van der Waals surface area contributed by atoms with E-state index in [1.165, 1.54) is 6.39 Å². The number of imidazole rings is 1. The molecule has 0 saturated heterocycles. The van der Waals surface area contributed by atoms with Gasteiger partial charge in [0.1, 0.15) is 5.82 Å². The molecule has 0 radical (unpaired) electrons. The minimum Gasteiger partial charge on any atom is -0.342 e. The number of aromatic amines is 1. The summed E-state index contributed by atoms with van der Waals surface area (Å²) in [6.07, 6.45) is 1.32. The van der Waals surface area contributed by atoms with Gasteiger partial charge in [-0.3, -0.25) is 0 Å². The Morgan fingerprint density at radius 3 is 3.07 bits per heavy atom. The van der Waals surface area contributed by atoms with E-state index in [0.717, 1.165) is 22.4 Å². The fraction of sp³-hybridized carbons (Fsp3) is 0.100. The van der Waals surface area contributed by atoms with Crippen molar-refractivity contribution in [1.29, 1.82) is 0 Å². The topological polar surface area (TPSA) is 67.6 Å². The molecule has 0 saturated carbocycles. The van der Waals surface area contributed by atoms with Crippen LogP contribution in [0, 0.1) is 6.92 Å². The molecule has 0 aliphatic heterocycles. The number of hydrogen-bond donors (Lipinski definition) is 1. The maximum Gasteiger partial charge on any atom is 0.214 e. The lowest BCUT2D eigenvalue weighted by atomic mass is 10.2. The predicted molar refractivity (Wildman–Crippen MR) is 54.1 cm³/mol. The highest BCUT2D eigenvalue weighted by Gasteiger charge is 2.05. The second kappa shape index (κ2) is 2.91.